The van der Waals surface area contributed by atoms with Gasteiger partial charge < -0.3 is 19.3 Å². The van der Waals surface area contributed by atoms with Crippen LogP contribution in [0.4, 0.5) is 13.2 Å². The highest BCUT2D eigenvalue weighted by atomic mass is 19.1. The number of nitriles is 1. The maximum absolute atomic E-state index is 15.8. The third-order valence-electron chi connectivity index (χ3n) is 9.49. The number of fused-ring (bicyclic) bond motifs is 1. The van der Waals surface area contributed by atoms with Crippen LogP contribution in [-0.2, 0) is 17.8 Å². The molecule has 5 aromatic rings. The van der Waals surface area contributed by atoms with E-state index in [4.69, 9.17) is 10.00 Å². The zero-order valence-corrected chi connectivity index (χ0v) is 25.8. The number of nitrogens with zero attached hydrogens (tertiary/aromatic N) is 4. The first-order valence-corrected chi connectivity index (χ1v) is 15.4. The maximum atomic E-state index is 15.8. The number of carboxylic acid groups (broad SMARTS) is 1. The summed E-state index contributed by atoms with van der Waals surface area (Å²) in [5.74, 6) is -2.99. The molecule has 1 N–H and O–H groups in total. The number of rotatable bonds is 8. The molecule has 3 aromatic carbocycles. The van der Waals surface area contributed by atoms with E-state index in [0.717, 1.165) is 36.4 Å². The molecule has 0 bridgehead atoms. The summed E-state index contributed by atoms with van der Waals surface area (Å²) in [5.41, 5.74) is 1.85. The number of carbonyl (C=O) groups excluding carboxylic acids is 1. The first kappa shape index (κ1) is 31.0. The minimum atomic E-state index is -1.07. The first-order valence-electron chi connectivity index (χ1n) is 15.4. The number of hydrogen-bond acceptors (Lipinski definition) is 5. The molecule has 0 unspecified atom stereocenters. The Morgan fingerprint density at radius 2 is 1.79 bits per heavy atom. The van der Waals surface area contributed by atoms with Gasteiger partial charge in [-0.2, -0.15) is 5.26 Å². The molecule has 1 atom stereocenters. The molecule has 0 radical (unpaired) electrons. The van der Waals surface area contributed by atoms with Gasteiger partial charge in [-0.1, -0.05) is 18.2 Å². The molecule has 48 heavy (non-hydrogen) atoms. The smallest absolute Gasteiger partial charge is 0.335 e. The first-order chi connectivity index (χ1) is 23.0. The van der Waals surface area contributed by atoms with Crippen LogP contribution in [0.25, 0.3) is 22.2 Å². The molecule has 1 amide bonds. The number of carbonyl (C=O) groups is 2. The lowest BCUT2D eigenvalue weighted by atomic mass is 9.99. The summed E-state index contributed by atoms with van der Waals surface area (Å²) in [5, 5.41) is 19.4. The maximum Gasteiger partial charge on any atom is 0.335 e. The molecular weight excluding hydrogens is 621 g/mol. The average Bonchev–Trinajstić information content (AvgIpc) is 3.62. The molecular formula is C37H29F3N4O4. The Morgan fingerprint density at radius 3 is 2.50 bits per heavy atom. The zero-order valence-electron chi connectivity index (χ0n) is 25.8. The van der Waals surface area contributed by atoms with Crippen LogP contribution in [0, 0.1) is 34.2 Å². The van der Waals surface area contributed by atoms with Gasteiger partial charge in [-0.25, -0.2) is 22.9 Å². The fourth-order valence-electron chi connectivity index (χ4n) is 6.76. The Kier molecular flexibility index (Phi) is 7.66. The van der Waals surface area contributed by atoms with Crippen LogP contribution in [0.5, 0.6) is 5.88 Å². The molecule has 1 aliphatic heterocycles. The normalized spacial score (nSPS) is 16.3. The second-order valence-corrected chi connectivity index (χ2v) is 12.5. The van der Waals surface area contributed by atoms with E-state index < -0.39 is 23.4 Å². The van der Waals surface area contributed by atoms with E-state index in [1.54, 1.807) is 23.1 Å². The van der Waals surface area contributed by atoms with Crippen molar-refractivity contribution in [1.29, 1.82) is 5.26 Å². The number of aromatic carboxylic acids is 1. The summed E-state index contributed by atoms with van der Waals surface area (Å²) in [6, 6.07) is 19.3. The number of ether oxygens (including phenoxy) is 1. The van der Waals surface area contributed by atoms with Crippen LogP contribution in [0.2, 0.25) is 0 Å². The summed E-state index contributed by atoms with van der Waals surface area (Å²) >= 11 is 0. The van der Waals surface area contributed by atoms with Crippen molar-refractivity contribution in [2.24, 2.45) is 5.41 Å². The molecule has 1 aliphatic carbocycles. The summed E-state index contributed by atoms with van der Waals surface area (Å²) in [6.07, 6.45) is 1.85. The summed E-state index contributed by atoms with van der Waals surface area (Å²) in [4.78, 5) is 30.3. The number of benzene rings is 3. The van der Waals surface area contributed by atoms with Crippen molar-refractivity contribution in [3.05, 3.63) is 118 Å². The van der Waals surface area contributed by atoms with Crippen LogP contribution >= 0.6 is 0 Å². The van der Waals surface area contributed by atoms with Gasteiger partial charge >= 0.3 is 5.97 Å². The van der Waals surface area contributed by atoms with Crippen LogP contribution in [0.15, 0.2) is 72.8 Å². The minimum absolute atomic E-state index is 0.0273. The van der Waals surface area contributed by atoms with Crippen LogP contribution < -0.4 is 4.74 Å². The number of likely N-dealkylation sites (tertiary alicyclic amines) is 1. The lowest BCUT2D eigenvalue weighted by Gasteiger charge is -2.24. The Hall–Kier alpha value is -5.63. The molecule has 1 saturated carbocycles. The van der Waals surface area contributed by atoms with Crippen molar-refractivity contribution in [2.75, 3.05) is 13.1 Å². The van der Waals surface area contributed by atoms with Crippen LogP contribution in [0.1, 0.15) is 58.5 Å². The number of pyridine rings is 1. The number of hydrogen-bond donors (Lipinski definition) is 1. The molecule has 8 nitrogen and oxygen atoms in total. The lowest BCUT2D eigenvalue weighted by Crippen LogP contribution is -2.26. The molecule has 7 rings (SSSR count). The van der Waals surface area contributed by atoms with Crippen molar-refractivity contribution < 1.29 is 32.6 Å². The van der Waals surface area contributed by atoms with Crippen molar-refractivity contribution in [2.45, 2.75) is 38.8 Å². The highest BCUT2D eigenvalue weighted by Crippen LogP contribution is 2.59. The number of amides is 1. The highest BCUT2D eigenvalue weighted by molar-refractivity contribution is 5.94. The average molecular weight is 651 g/mol. The molecule has 1 spiro atoms. The van der Waals surface area contributed by atoms with E-state index in [0.29, 0.717) is 24.3 Å². The van der Waals surface area contributed by atoms with Crippen LogP contribution in [-0.4, -0.2) is 44.5 Å². The molecule has 11 heteroatoms. The molecule has 2 aliphatic rings. The Balaban J connectivity index is 1.20. The molecule has 1 saturated heterocycles. The highest BCUT2D eigenvalue weighted by Gasteiger charge is 2.56. The molecule has 2 aromatic heterocycles. The fraction of sp³-hybridized carbons (Fsp3) is 0.243. The van der Waals surface area contributed by atoms with Gasteiger partial charge in [0.2, 0.25) is 11.8 Å². The monoisotopic (exact) mass is 650 g/mol. The molecule has 2 fully saturated rings. The predicted octanol–water partition coefficient (Wildman–Crippen LogP) is 7.04. The van der Waals surface area contributed by atoms with Gasteiger partial charge in [-0.05, 0) is 72.3 Å². The number of aromatic nitrogens is 2. The standard InChI is InChI=1S/C37H29F3N4O4/c1-21(45)43-18-34(37(20-43)9-10-37)44-27(12-23-7-8-24(36(46)47)15-33(23)44)13-26-14-31(40)28(16-30(26)39)32-3-2-4-35(42-32)48-19-25-6-5-22(17-41)11-29(25)38/h2-8,11-12,14-16,34H,9-10,13,18-20H2,1H3,(H,46,47)/t34-/m0/s1. The second kappa shape index (κ2) is 11.9. The lowest BCUT2D eigenvalue weighted by molar-refractivity contribution is -0.128. The summed E-state index contributed by atoms with van der Waals surface area (Å²) < 4.78 is 53.5. The van der Waals surface area contributed by atoms with E-state index in [-0.39, 0.29) is 69.8 Å². The van der Waals surface area contributed by atoms with Crippen molar-refractivity contribution in [3.8, 4) is 23.2 Å². The third kappa shape index (κ3) is 5.64. The van der Waals surface area contributed by atoms with E-state index in [2.05, 4.69) is 4.98 Å². The Morgan fingerprint density at radius 1 is 1.00 bits per heavy atom. The van der Waals surface area contributed by atoms with Gasteiger partial charge in [-0.15, -0.1) is 0 Å². The van der Waals surface area contributed by atoms with Gasteiger partial charge in [0.25, 0.3) is 0 Å². The van der Waals surface area contributed by atoms with E-state index in [1.165, 1.54) is 37.3 Å². The van der Waals surface area contributed by atoms with Crippen molar-refractivity contribution in [3.63, 3.8) is 0 Å². The number of halogens is 3. The van der Waals surface area contributed by atoms with Crippen LogP contribution in [0.3, 0.4) is 0 Å². The summed E-state index contributed by atoms with van der Waals surface area (Å²) in [6.45, 7) is 2.39. The van der Waals surface area contributed by atoms with Gasteiger partial charge in [-0.3, -0.25) is 4.79 Å². The van der Waals surface area contributed by atoms with Gasteiger partial charge in [0.15, 0.2) is 0 Å². The van der Waals surface area contributed by atoms with E-state index in [1.807, 2.05) is 16.7 Å². The minimum Gasteiger partial charge on any atom is -0.478 e. The van der Waals surface area contributed by atoms with Gasteiger partial charge in [0.05, 0.1) is 28.9 Å². The third-order valence-corrected chi connectivity index (χ3v) is 9.49. The van der Waals surface area contributed by atoms with E-state index >= 15 is 8.78 Å². The fourth-order valence-corrected chi connectivity index (χ4v) is 6.76. The largest absolute Gasteiger partial charge is 0.478 e. The SMILES string of the molecule is CC(=O)N1C[C@H](n2c(Cc3cc(F)c(-c4cccc(OCc5ccc(C#N)cc5F)n4)cc3F)cc3ccc(C(=O)O)cc32)C2(CC2)C1. The Bertz CT molecular complexity index is 2170. The van der Waals surface area contributed by atoms with Crippen molar-refractivity contribution in [1.82, 2.24) is 14.5 Å². The van der Waals surface area contributed by atoms with Gasteiger partial charge in [0.1, 0.15) is 24.1 Å². The quantitative estimate of drug-likeness (QED) is 0.193. The Labute approximate surface area is 273 Å². The van der Waals surface area contributed by atoms with Crippen molar-refractivity contribution >= 4 is 22.8 Å². The molecule has 3 heterocycles. The zero-order chi connectivity index (χ0) is 33.7. The topological polar surface area (TPSA) is 108 Å². The predicted molar refractivity (Wildman–Crippen MR) is 170 cm³/mol. The number of carboxylic acids is 1. The van der Waals surface area contributed by atoms with Gasteiger partial charge in [0, 0.05) is 60.3 Å². The second-order valence-electron chi connectivity index (χ2n) is 12.5. The van der Waals surface area contributed by atoms with E-state index in [9.17, 15) is 19.1 Å². The molecule has 242 valence electrons. The summed E-state index contributed by atoms with van der Waals surface area (Å²) in [7, 11) is 0.